The lowest BCUT2D eigenvalue weighted by atomic mass is 9.87. The van der Waals surface area contributed by atoms with Gasteiger partial charge in [0.2, 0.25) is 0 Å². The fourth-order valence-corrected chi connectivity index (χ4v) is 2.51. The van der Waals surface area contributed by atoms with Crippen molar-refractivity contribution < 1.29 is 4.79 Å². The molecule has 0 amide bonds. The monoisotopic (exact) mass is 250 g/mol. The number of benzene rings is 1. The molecule has 0 radical (unpaired) electrons. The van der Waals surface area contributed by atoms with E-state index in [1.165, 1.54) is 0 Å². The lowest BCUT2D eigenvalue weighted by Crippen LogP contribution is -2.11. The predicted molar refractivity (Wildman–Crippen MR) is 75.1 cm³/mol. The third-order valence-corrected chi connectivity index (χ3v) is 3.34. The molecular formula is C16H14N2O. The van der Waals surface area contributed by atoms with Crippen molar-refractivity contribution in [2.75, 3.05) is 0 Å². The highest BCUT2D eigenvalue weighted by atomic mass is 16.1. The second-order valence-corrected chi connectivity index (χ2v) is 4.59. The molecule has 0 spiro atoms. The summed E-state index contributed by atoms with van der Waals surface area (Å²) in [5.41, 5.74) is 2.84. The van der Waals surface area contributed by atoms with Gasteiger partial charge < -0.3 is 4.98 Å². The Morgan fingerprint density at radius 2 is 1.95 bits per heavy atom. The molecule has 0 bridgehead atoms. The van der Waals surface area contributed by atoms with E-state index in [0.29, 0.717) is 0 Å². The van der Waals surface area contributed by atoms with Crippen molar-refractivity contribution in [2.45, 2.75) is 12.8 Å². The van der Waals surface area contributed by atoms with Crippen LogP contribution in [0.3, 0.4) is 0 Å². The second kappa shape index (κ2) is 4.69. The van der Waals surface area contributed by atoms with E-state index in [4.69, 9.17) is 0 Å². The summed E-state index contributed by atoms with van der Waals surface area (Å²) >= 11 is 0. The topological polar surface area (TPSA) is 45.8 Å². The first-order valence-corrected chi connectivity index (χ1v) is 6.25. The van der Waals surface area contributed by atoms with E-state index in [-0.39, 0.29) is 11.7 Å². The molecule has 2 heterocycles. The number of carbonyl (C=O) groups is 1. The van der Waals surface area contributed by atoms with E-state index in [1.54, 1.807) is 13.1 Å². The average Bonchev–Trinajstić information content (AvgIpc) is 2.89. The van der Waals surface area contributed by atoms with Crippen molar-refractivity contribution in [3.8, 4) is 0 Å². The van der Waals surface area contributed by atoms with E-state index in [9.17, 15) is 4.79 Å². The molecule has 3 aromatic rings. The average molecular weight is 250 g/mol. The van der Waals surface area contributed by atoms with Crippen molar-refractivity contribution in [3.05, 3.63) is 66.0 Å². The number of ketones is 1. The summed E-state index contributed by atoms with van der Waals surface area (Å²) in [6, 6.07) is 13.8. The van der Waals surface area contributed by atoms with Crippen LogP contribution >= 0.6 is 0 Å². The Hall–Kier alpha value is -2.42. The van der Waals surface area contributed by atoms with Crippen molar-refractivity contribution in [1.29, 1.82) is 0 Å². The van der Waals surface area contributed by atoms with E-state index < -0.39 is 0 Å². The summed E-state index contributed by atoms with van der Waals surface area (Å²) in [6.45, 7) is 1.64. The van der Waals surface area contributed by atoms with Crippen LogP contribution in [0.25, 0.3) is 11.0 Å². The molecule has 0 saturated carbocycles. The summed E-state index contributed by atoms with van der Waals surface area (Å²) in [5, 5.41) is 1.01. The minimum atomic E-state index is -0.234. The van der Waals surface area contributed by atoms with Crippen LogP contribution in [0, 0.1) is 0 Å². The summed E-state index contributed by atoms with van der Waals surface area (Å²) in [5.74, 6) is -0.0950. The molecule has 3 nitrogen and oxygen atoms in total. The highest BCUT2D eigenvalue weighted by Crippen LogP contribution is 2.30. The summed E-state index contributed by atoms with van der Waals surface area (Å²) in [7, 11) is 0. The third kappa shape index (κ3) is 2.03. The van der Waals surface area contributed by atoms with Gasteiger partial charge in [-0.25, -0.2) is 4.98 Å². The van der Waals surface area contributed by atoms with Crippen molar-refractivity contribution in [1.82, 2.24) is 9.97 Å². The number of nitrogens with one attached hydrogen (secondary N) is 1. The van der Waals surface area contributed by atoms with Crippen molar-refractivity contribution in [2.24, 2.45) is 0 Å². The molecule has 1 unspecified atom stereocenters. The first kappa shape index (κ1) is 11.7. The molecule has 0 aliphatic carbocycles. The first-order chi connectivity index (χ1) is 9.27. The lowest BCUT2D eigenvalue weighted by molar-refractivity contribution is -0.117. The van der Waals surface area contributed by atoms with Gasteiger partial charge >= 0.3 is 0 Å². The van der Waals surface area contributed by atoms with Crippen LogP contribution in [0.1, 0.15) is 24.0 Å². The van der Waals surface area contributed by atoms with Crippen LogP contribution in [-0.4, -0.2) is 15.8 Å². The first-order valence-electron chi connectivity index (χ1n) is 6.25. The van der Waals surface area contributed by atoms with Crippen LogP contribution in [0.4, 0.5) is 0 Å². The normalized spacial score (nSPS) is 12.5. The zero-order valence-corrected chi connectivity index (χ0v) is 10.6. The van der Waals surface area contributed by atoms with Crippen molar-refractivity contribution in [3.63, 3.8) is 0 Å². The minimum absolute atomic E-state index is 0.139. The number of nitrogens with zero attached hydrogens (tertiary/aromatic N) is 1. The molecule has 1 N–H and O–H groups in total. The number of pyridine rings is 1. The number of hydrogen-bond acceptors (Lipinski definition) is 2. The fraction of sp³-hybridized carbons (Fsp3) is 0.125. The van der Waals surface area contributed by atoms with E-state index in [2.05, 4.69) is 9.97 Å². The van der Waals surface area contributed by atoms with Gasteiger partial charge in [0.05, 0.1) is 5.92 Å². The van der Waals surface area contributed by atoms with E-state index in [1.807, 2.05) is 48.7 Å². The molecule has 3 heteroatoms. The summed E-state index contributed by atoms with van der Waals surface area (Å²) in [6.07, 6.45) is 3.59. The van der Waals surface area contributed by atoms with Crippen LogP contribution in [-0.2, 0) is 4.79 Å². The number of rotatable bonds is 3. The molecule has 94 valence electrons. The molecule has 3 rings (SSSR count). The van der Waals surface area contributed by atoms with E-state index >= 15 is 0 Å². The SMILES string of the molecule is CC(=O)C(c1ccccc1)c1ccnc2[nH]ccc12. The van der Waals surface area contributed by atoms with E-state index in [0.717, 1.165) is 22.2 Å². The quantitative estimate of drug-likeness (QED) is 0.775. The highest BCUT2D eigenvalue weighted by Gasteiger charge is 2.21. The number of carbonyl (C=O) groups excluding carboxylic acids is 1. The van der Waals surface area contributed by atoms with Crippen LogP contribution in [0.5, 0.6) is 0 Å². The molecule has 19 heavy (non-hydrogen) atoms. The molecule has 0 fully saturated rings. The predicted octanol–water partition coefficient (Wildman–Crippen LogP) is 3.28. The molecule has 0 saturated heterocycles. The Balaban J connectivity index is 2.21. The molecule has 0 aliphatic rings. The number of Topliss-reactive ketones (excluding diaryl/α,β-unsaturated/α-hetero) is 1. The Bertz CT molecular complexity index is 716. The van der Waals surface area contributed by atoms with Gasteiger partial charge in [0.25, 0.3) is 0 Å². The fourth-order valence-electron chi connectivity index (χ4n) is 2.51. The largest absolute Gasteiger partial charge is 0.346 e. The van der Waals surface area contributed by atoms with Gasteiger partial charge in [0, 0.05) is 17.8 Å². The van der Waals surface area contributed by atoms with Gasteiger partial charge in [0.1, 0.15) is 11.4 Å². The van der Waals surface area contributed by atoms with Crippen LogP contribution in [0.15, 0.2) is 54.9 Å². The Labute approximate surface area is 111 Å². The number of aromatic amines is 1. The van der Waals surface area contributed by atoms with Crippen molar-refractivity contribution >= 4 is 16.8 Å². The van der Waals surface area contributed by atoms with Crippen LogP contribution in [0.2, 0.25) is 0 Å². The maximum absolute atomic E-state index is 12.1. The zero-order valence-electron chi connectivity index (χ0n) is 10.6. The molecular weight excluding hydrogens is 236 g/mol. The minimum Gasteiger partial charge on any atom is -0.346 e. The zero-order chi connectivity index (χ0) is 13.2. The van der Waals surface area contributed by atoms with Gasteiger partial charge in [-0.15, -0.1) is 0 Å². The van der Waals surface area contributed by atoms with Gasteiger partial charge in [0.15, 0.2) is 0 Å². The second-order valence-electron chi connectivity index (χ2n) is 4.59. The Morgan fingerprint density at radius 3 is 2.68 bits per heavy atom. The van der Waals surface area contributed by atoms with Gasteiger partial charge in [-0.2, -0.15) is 0 Å². The molecule has 0 aliphatic heterocycles. The maximum Gasteiger partial charge on any atom is 0.141 e. The number of H-pyrrole nitrogens is 1. The van der Waals surface area contributed by atoms with Gasteiger partial charge in [-0.3, -0.25) is 4.79 Å². The third-order valence-electron chi connectivity index (χ3n) is 3.34. The summed E-state index contributed by atoms with van der Waals surface area (Å²) in [4.78, 5) is 19.4. The number of hydrogen-bond donors (Lipinski definition) is 1. The summed E-state index contributed by atoms with van der Waals surface area (Å²) < 4.78 is 0. The Kier molecular flexibility index (Phi) is 2.88. The van der Waals surface area contributed by atoms with Gasteiger partial charge in [-0.05, 0) is 30.2 Å². The molecule has 1 aromatic carbocycles. The highest BCUT2D eigenvalue weighted by molar-refractivity contribution is 5.92. The number of fused-ring (bicyclic) bond motifs is 1. The number of aromatic nitrogens is 2. The molecule has 1 atom stereocenters. The van der Waals surface area contributed by atoms with Crippen LogP contribution < -0.4 is 0 Å². The smallest absolute Gasteiger partial charge is 0.141 e. The standard InChI is InChI=1S/C16H14N2O/c1-11(19)15(12-5-3-2-4-6-12)13-7-9-17-16-14(13)8-10-18-16/h2-10,15H,1H3,(H,17,18). The molecule has 2 aromatic heterocycles. The van der Waals surface area contributed by atoms with Gasteiger partial charge in [-0.1, -0.05) is 30.3 Å². The Morgan fingerprint density at radius 1 is 1.16 bits per heavy atom. The lowest BCUT2D eigenvalue weighted by Gasteiger charge is -2.15. The maximum atomic E-state index is 12.1.